The van der Waals surface area contributed by atoms with Gasteiger partial charge < -0.3 is 9.67 Å². The highest BCUT2D eigenvalue weighted by atomic mass is 35.5. The topological polar surface area (TPSA) is 55.1 Å². The number of fused-ring (bicyclic) bond motifs is 2. The summed E-state index contributed by atoms with van der Waals surface area (Å²) in [6.45, 7) is 4.20. The van der Waals surface area contributed by atoms with E-state index in [1.54, 1.807) is 13.8 Å². The van der Waals surface area contributed by atoms with Gasteiger partial charge in [0.05, 0.1) is 10.9 Å². The van der Waals surface area contributed by atoms with E-state index in [-0.39, 0.29) is 0 Å². The Morgan fingerprint density at radius 3 is 2.43 bits per heavy atom. The van der Waals surface area contributed by atoms with Crippen LogP contribution in [0.3, 0.4) is 0 Å². The minimum atomic E-state index is -0.871. The molecule has 0 spiro atoms. The van der Waals surface area contributed by atoms with Gasteiger partial charge in [0.25, 0.3) is 0 Å². The molecule has 0 unspecified atom stereocenters. The first-order valence-corrected chi connectivity index (χ1v) is 12.1. The summed E-state index contributed by atoms with van der Waals surface area (Å²) >= 11 is 6.08. The molecule has 0 aliphatic rings. The Labute approximate surface area is 209 Å². The van der Waals surface area contributed by atoms with Crippen molar-refractivity contribution in [1.29, 1.82) is 0 Å². The number of hydrogen-bond donors (Lipinski definition) is 1. The van der Waals surface area contributed by atoms with Crippen LogP contribution >= 0.6 is 11.6 Å². The predicted molar refractivity (Wildman–Crippen MR) is 142 cm³/mol. The summed E-state index contributed by atoms with van der Waals surface area (Å²) in [5.41, 5.74) is 5.53. The number of aliphatic carboxylic acids is 1. The Morgan fingerprint density at radius 2 is 1.66 bits per heavy atom. The van der Waals surface area contributed by atoms with Crippen molar-refractivity contribution in [2.24, 2.45) is 5.41 Å². The highest BCUT2D eigenvalue weighted by Crippen LogP contribution is 2.29. The highest BCUT2D eigenvalue weighted by Gasteiger charge is 2.29. The number of halogens is 1. The summed E-state index contributed by atoms with van der Waals surface area (Å²) in [6.07, 6.45) is 1.17. The first-order valence-electron chi connectivity index (χ1n) is 11.7. The zero-order chi connectivity index (χ0) is 24.6. The number of hydrogen-bond acceptors (Lipinski definition) is 2. The van der Waals surface area contributed by atoms with Gasteiger partial charge >= 0.3 is 5.97 Å². The van der Waals surface area contributed by atoms with Gasteiger partial charge in [-0.05, 0) is 67.4 Å². The minimum Gasteiger partial charge on any atom is -0.481 e. The number of rotatable bonds is 7. The van der Waals surface area contributed by atoms with Crippen molar-refractivity contribution in [3.8, 4) is 0 Å². The quantitative estimate of drug-likeness (QED) is 0.268. The van der Waals surface area contributed by atoms with Gasteiger partial charge in [-0.1, -0.05) is 54.1 Å². The molecule has 0 saturated carbocycles. The standard InChI is InChI=1S/C30H27ClN2O2/c1-30(2,29(34)35)18-26-17-23-15-21(16-25-13-10-22-5-3-4-6-27(22)32-25)9-14-28(23)33(26)19-20-7-11-24(31)12-8-20/h3-15,17H,16,18-19H2,1-2H3,(H,34,35). The van der Waals surface area contributed by atoms with Crippen LogP contribution in [-0.2, 0) is 24.2 Å². The van der Waals surface area contributed by atoms with Crippen LogP contribution in [0.1, 0.15) is 36.4 Å². The second-order valence-electron chi connectivity index (χ2n) is 9.78. The first-order chi connectivity index (χ1) is 16.8. The van der Waals surface area contributed by atoms with E-state index in [1.165, 1.54) is 5.56 Å². The van der Waals surface area contributed by atoms with Crippen molar-refractivity contribution >= 4 is 39.4 Å². The van der Waals surface area contributed by atoms with E-state index < -0.39 is 11.4 Å². The summed E-state index contributed by atoms with van der Waals surface area (Å²) in [5, 5.41) is 12.7. The molecule has 0 saturated heterocycles. The largest absolute Gasteiger partial charge is 0.481 e. The lowest BCUT2D eigenvalue weighted by molar-refractivity contribution is -0.146. The predicted octanol–water partition coefficient (Wildman–Crippen LogP) is 7.14. The molecule has 2 aromatic heterocycles. The molecule has 35 heavy (non-hydrogen) atoms. The second-order valence-corrected chi connectivity index (χ2v) is 10.2. The number of aromatic nitrogens is 2. The molecule has 0 radical (unpaired) electrons. The van der Waals surface area contributed by atoms with Gasteiger partial charge in [0, 0.05) is 52.1 Å². The first kappa shape index (κ1) is 23.1. The minimum absolute atomic E-state index is 0.437. The summed E-state index contributed by atoms with van der Waals surface area (Å²) < 4.78 is 2.22. The molecule has 1 N–H and O–H groups in total. The van der Waals surface area contributed by atoms with Gasteiger partial charge in [0.2, 0.25) is 0 Å². The maximum absolute atomic E-state index is 11.9. The van der Waals surface area contributed by atoms with E-state index in [0.29, 0.717) is 18.0 Å². The van der Waals surface area contributed by atoms with Gasteiger partial charge in [-0.2, -0.15) is 0 Å². The molecule has 176 valence electrons. The zero-order valence-corrected chi connectivity index (χ0v) is 20.6. The van der Waals surface area contributed by atoms with Crippen LogP contribution in [0.4, 0.5) is 0 Å². The Bertz CT molecular complexity index is 1530. The Balaban J connectivity index is 1.52. The van der Waals surface area contributed by atoms with Crippen molar-refractivity contribution in [2.45, 2.75) is 33.2 Å². The molecule has 5 aromatic rings. The molecular weight excluding hydrogens is 456 g/mol. The number of pyridine rings is 1. The van der Waals surface area contributed by atoms with Gasteiger partial charge in [-0.15, -0.1) is 0 Å². The molecule has 4 nitrogen and oxygen atoms in total. The summed E-state index contributed by atoms with van der Waals surface area (Å²) in [7, 11) is 0. The van der Waals surface area contributed by atoms with Crippen LogP contribution in [0.2, 0.25) is 5.02 Å². The Hall–Kier alpha value is -3.63. The van der Waals surface area contributed by atoms with Crippen LogP contribution in [0.5, 0.6) is 0 Å². The number of carbonyl (C=O) groups is 1. The van der Waals surface area contributed by atoms with Crippen LogP contribution in [0.25, 0.3) is 21.8 Å². The Morgan fingerprint density at radius 1 is 0.914 bits per heavy atom. The van der Waals surface area contributed by atoms with Gasteiger partial charge in [-0.3, -0.25) is 9.78 Å². The molecule has 2 heterocycles. The number of nitrogens with zero attached hydrogens (tertiary/aromatic N) is 2. The van der Waals surface area contributed by atoms with Gasteiger partial charge in [0.15, 0.2) is 0 Å². The SMILES string of the molecule is CC(C)(Cc1cc2cc(Cc3ccc4ccccc4n3)ccc2n1Cc1ccc(Cl)cc1)C(=O)O. The highest BCUT2D eigenvalue weighted by molar-refractivity contribution is 6.30. The van der Waals surface area contributed by atoms with Crippen LogP contribution in [0.15, 0.2) is 84.9 Å². The van der Waals surface area contributed by atoms with E-state index in [0.717, 1.165) is 45.2 Å². The van der Waals surface area contributed by atoms with Crippen molar-refractivity contribution in [1.82, 2.24) is 9.55 Å². The average molecular weight is 483 g/mol. The smallest absolute Gasteiger partial charge is 0.309 e. The number of para-hydroxylation sites is 1. The molecule has 0 atom stereocenters. The van der Waals surface area contributed by atoms with Gasteiger partial charge in [0.1, 0.15) is 0 Å². The van der Waals surface area contributed by atoms with Crippen molar-refractivity contribution in [3.63, 3.8) is 0 Å². The molecular formula is C30H27ClN2O2. The molecule has 0 amide bonds. The van der Waals surface area contributed by atoms with Crippen molar-refractivity contribution in [3.05, 3.63) is 112 Å². The monoisotopic (exact) mass is 482 g/mol. The van der Waals surface area contributed by atoms with E-state index >= 15 is 0 Å². The third-order valence-corrected chi connectivity index (χ3v) is 6.80. The molecule has 5 heteroatoms. The number of carboxylic acids is 1. The van der Waals surface area contributed by atoms with Crippen LogP contribution < -0.4 is 0 Å². The normalized spacial score (nSPS) is 11.9. The molecule has 0 aliphatic carbocycles. The molecule has 0 bridgehead atoms. The third kappa shape index (κ3) is 4.94. The van der Waals surface area contributed by atoms with E-state index in [2.05, 4.69) is 47.0 Å². The van der Waals surface area contributed by atoms with Crippen LogP contribution in [0, 0.1) is 5.41 Å². The zero-order valence-electron chi connectivity index (χ0n) is 19.8. The lowest BCUT2D eigenvalue weighted by Gasteiger charge is -2.20. The average Bonchev–Trinajstić information content (AvgIpc) is 3.15. The fourth-order valence-electron chi connectivity index (χ4n) is 4.54. The Kier molecular flexibility index (Phi) is 6.08. The summed E-state index contributed by atoms with van der Waals surface area (Å²) in [5.74, 6) is -0.802. The third-order valence-electron chi connectivity index (χ3n) is 6.55. The molecule has 5 rings (SSSR count). The van der Waals surface area contributed by atoms with E-state index in [4.69, 9.17) is 16.6 Å². The summed E-state index contributed by atoms with van der Waals surface area (Å²) in [6, 6.07) is 28.7. The lowest BCUT2D eigenvalue weighted by Crippen LogP contribution is -2.27. The van der Waals surface area contributed by atoms with E-state index in [9.17, 15) is 9.90 Å². The van der Waals surface area contributed by atoms with E-state index in [1.807, 2.05) is 42.5 Å². The maximum Gasteiger partial charge on any atom is 0.309 e. The number of benzene rings is 3. The summed E-state index contributed by atoms with van der Waals surface area (Å²) in [4.78, 5) is 16.7. The maximum atomic E-state index is 11.9. The van der Waals surface area contributed by atoms with Crippen LogP contribution in [-0.4, -0.2) is 20.6 Å². The molecule has 3 aromatic carbocycles. The molecule has 0 fully saturated rings. The fourth-order valence-corrected chi connectivity index (χ4v) is 4.66. The number of carboxylic acid groups (broad SMARTS) is 1. The van der Waals surface area contributed by atoms with Crippen molar-refractivity contribution < 1.29 is 9.90 Å². The lowest BCUT2D eigenvalue weighted by atomic mass is 9.88. The second kappa shape index (κ2) is 9.20. The van der Waals surface area contributed by atoms with Gasteiger partial charge in [-0.25, -0.2) is 0 Å². The fraction of sp³-hybridized carbons (Fsp3) is 0.200. The molecule has 0 aliphatic heterocycles. The van der Waals surface area contributed by atoms with Crippen molar-refractivity contribution in [2.75, 3.05) is 0 Å².